The molecule has 2 N–H and O–H groups in total. The molecule has 31 heavy (non-hydrogen) atoms. The fraction of sp³-hybridized carbons (Fsp3) is 0.458. The molecule has 1 saturated heterocycles. The molecular weight excluding hydrogens is 392 g/mol. The molecule has 1 aliphatic rings. The maximum Gasteiger partial charge on any atom is 0.251 e. The van der Waals surface area contributed by atoms with Gasteiger partial charge >= 0.3 is 0 Å². The Kier molecular flexibility index (Phi) is 7.63. The third-order valence-corrected chi connectivity index (χ3v) is 5.28. The lowest BCUT2D eigenvalue weighted by molar-refractivity contribution is -0.121. The van der Waals surface area contributed by atoms with Gasteiger partial charge in [-0.1, -0.05) is 39.0 Å². The first kappa shape index (κ1) is 22.7. The summed E-state index contributed by atoms with van der Waals surface area (Å²) in [6.45, 7) is 10.2. The maximum atomic E-state index is 12.3. The first-order valence-electron chi connectivity index (χ1n) is 10.8. The normalized spacial score (nSPS) is 14.2. The molecule has 166 valence electrons. The molecule has 1 aliphatic heterocycles. The lowest BCUT2D eigenvalue weighted by atomic mass is 9.87. The van der Waals surface area contributed by atoms with Crippen molar-refractivity contribution < 1.29 is 14.3 Å². The smallest absolute Gasteiger partial charge is 0.251 e. The van der Waals surface area contributed by atoms with Gasteiger partial charge in [-0.25, -0.2) is 4.98 Å². The number of nitrogens with zero attached hydrogens (tertiary/aromatic N) is 2. The van der Waals surface area contributed by atoms with Gasteiger partial charge in [0.1, 0.15) is 5.82 Å². The third-order valence-electron chi connectivity index (χ3n) is 5.28. The number of anilines is 1. The van der Waals surface area contributed by atoms with Crippen LogP contribution < -0.4 is 15.5 Å². The molecule has 2 heterocycles. The van der Waals surface area contributed by atoms with E-state index < -0.39 is 0 Å². The van der Waals surface area contributed by atoms with Gasteiger partial charge in [-0.3, -0.25) is 9.59 Å². The van der Waals surface area contributed by atoms with Crippen molar-refractivity contribution in [2.45, 2.75) is 39.2 Å². The average Bonchev–Trinajstić information content (AvgIpc) is 2.78. The van der Waals surface area contributed by atoms with Gasteiger partial charge in [0.2, 0.25) is 5.91 Å². The number of hydrogen-bond donors (Lipinski definition) is 2. The first-order valence-corrected chi connectivity index (χ1v) is 10.8. The molecule has 0 spiro atoms. The van der Waals surface area contributed by atoms with Crippen molar-refractivity contribution in [2.24, 2.45) is 0 Å². The Morgan fingerprint density at radius 1 is 1.03 bits per heavy atom. The van der Waals surface area contributed by atoms with Crippen LogP contribution in [-0.2, 0) is 21.5 Å². The Labute approximate surface area is 184 Å². The van der Waals surface area contributed by atoms with Crippen LogP contribution in [0.5, 0.6) is 0 Å². The van der Waals surface area contributed by atoms with Crippen LogP contribution in [0.4, 0.5) is 5.82 Å². The van der Waals surface area contributed by atoms with E-state index in [4.69, 9.17) is 4.74 Å². The zero-order valence-electron chi connectivity index (χ0n) is 18.6. The van der Waals surface area contributed by atoms with Crippen molar-refractivity contribution in [2.75, 3.05) is 37.7 Å². The number of morpholine rings is 1. The van der Waals surface area contributed by atoms with E-state index in [9.17, 15) is 9.59 Å². The maximum absolute atomic E-state index is 12.3. The summed E-state index contributed by atoms with van der Waals surface area (Å²) in [5, 5.41) is 5.67. The second-order valence-electron chi connectivity index (χ2n) is 8.73. The molecule has 0 atom stereocenters. The van der Waals surface area contributed by atoms with Crippen LogP contribution in [-0.4, -0.2) is 49.6 Å². The highest BCUT2D eigenvalue weighted by molar-refractivity contribution is 5.94. The van der Waals surface area contributed by atoms with Gasteiger partial charge < -0.3 is 20.3 Å². The van der Waals surface area contributed by atoms with E-state index in [1.165, 1.54) is 5.56 Å². The second-order valence-corrected chi connectivity index (χ2v) is 8.73. The van der Waals surface area contributed by atoms with Gasteiger partial charge in [-0.15, -0.1) is 0 Å². The summed E-state index contributed by atoms with van der Waals surface area (Å²) in [5.74, 6) is 0.647. The number of amides is 2. The zero-order chi connectivity index (χ0) is 22.3. The summed E-state index contributed by atoms with van der Waals surface area (Å²) < 4.78 is 5.36. The summed E-state index contributed by atoms with van der Waals surface area (Å²) >= 11 is 0. The van der Waals surface area contributed by atoms with E-state index in [0.717, 1.165) is 37.7 Å². The van der Waals surface area contributed by atoms with Crippen molar-refractivity contribution >= 4 is 17.6 Å². The van der Waals surface area contributed by atoms with Crippen molar-refractivity contribution in [3.8, 4) is 0 Å². The minimum atomic E-state index is -0.170. The van der Waals surface area contributed by atoms with Crippen LogP contribution >= 0.6 is 0 Å². The predicted molar refractivity (Wildman–Crippen MR) is 121 cm³/mol. The fourth-order valence-corrected chi connectivity index (χ4v) is 3.30. The Balaban J connectivity index is 1.37. The number of benzene rings is 1. The lowest BCUT2D eigenvalue weighted by Gasteiger charge is -2.27. The molecule has 1 aromatic heterocycles. The molecule has 0 saturated carbocycles. The Hall–Kier alpha value is -2.93. The molecule has 0 unspecified atom stereocenters. The van der Waals surface area contributed by atoms with Gasteiger partial charge in [0, 0.05) is 44.4 Å². The van der Waals surface area contributed by atoms with E-state index in [-0.39, 0.29) is 23.7 Å². The molecule has 0 bridgehead atoms. The fourth-order valence-electron chi connectivity index (χ4n) is 3.30. The molecule has 1 fully saturated rings. The van der Waals surface area contributed by atoms with Crippen LogP contribution in [0.15, 0.2) is 42.6 Å². The summed E-state index contributed by atoms with van der Waals surface area (Å²) in [6.07, 6.45) is 2.01. The Morgan fingerprint density at radius 2 is 1.74 bits per heavy atom. The molecular formula is C24H32N4O3. The number of pyridine rings is 1. The number of nitrogens with one attached hydrogen (secondary N) is 2. The standard InChI is InChI=1S/C24H32N4O3/c1-24(2,3)20-7-5-19(6-8-20)23(30)25-11-10-22(29)27-17-18-4-9-21(26-16-18)28-12-14-31-15-13-28/h4-9,16H,10-15,17H2,1-3H3,(H,25,30)(H,27,29). The summed E-state index contributed by atoms with van der Waals surface area (Å²) in [7, 11) is 0. The molecule has 7 nitrogen and oxygen atoms in total. The number of ether oxygens (including phenoxy) is 1. The monoisotopic (exact) mass is 424 g/mol. The molecule has 0 radical (unpaired) electrons. The second kappa shape index (κ2) is 10.4. The number of hydrogen-bond acceptors (Lipinski definition) is 5. The van der Waals surface area contributed by atoms with Gasteiger partial charge in [0.15, 0.2) is 0 Å². The highest BCUT2D eigenvalue weighted by Crippen LogP contribution is 2.22. The van der Waals surface area contributed by atoms with Gasteiger partial charge in [0.25, 0.3) is 5.91 Å². The minimum absolute atomic E-state index is 0.0471. The summed E-state index contributed by atoms with van der Waals surface area (Å²) in [5.41, 5.74) is 2.76. The number of aromatic nitrogens is 1. The van der Waals surface area contributed by atoms with Gasteiger partial charge in [-0.05, 0) is 34.7 Å². The molecule has 2 amide bonds. The molecule has 7 heteroatoms. The predicted octanol–water partition coefficient (Wildman–Crippen LogP) is 2.65. The van der Waals surface area contributed by atoms with Crippen LogP contribution in [0, 0.1) is 0 Å². The largest absolute Gasteiger partial charge is 0.378 e. The van der Waals surface area contributed by atoms with Crippen LogP contribution in [0.1, 0.15) is 48.7 Å². The number of carbonyl (C=O) groups is 2. The molecule has 0 aliphatic carbocycles. The third kappa shape index (κ3) is 6.79. The topological polar surface area (TPSA) is 83.6 Å². The van der Waals surface area contributed by atoms with E-state index >= 15 is 0 Å². The van der Waals surface area contributed by atoms with Crippen molar-refractivity contribution in [3.63, 3.8) is 0 Å². The van der Waals surface area contributed by atoms with Crippen LogP contribution in [0.3, 0.4) is 0 Å². The van der Waals surface area contributed by atoms with Crippen LogP contribution in [0.2, 0.25) is 0 Å². The van der Waals surface area contributed by atoms with Crippen molar-refractivity contribution in [1.82, 2.24) is 15.6 Å². The highest BCUT2D eigenvalue weighted by atomic mass is 16.5. The molecule has 1 aromatic carbocycles. The first-order chi connectivity index (χ1) is 14.8. The van der Waals surface area contributed by atoms with Gasteiger partial charge in [-0.2, -0.15) is 0 Å². The van der Waals surface area contributed by atoms with E-state index in [1.54, 1.807) is 6.20 Å². The number of rotatable bonds is 7. The molecule has 2 aromatic rings. The van der Waals surface area contributed by atoms with E-state index in [2.05, 4.69) is 41.3 Å². The molecule has 3 rings (SSSR count). The summed E-state index contributed by atoms with van der Waals surface area (Å²) in [6, 6.07) is 11.5. The quantitative estimate of drug-likeness (QED) is 0.714. The minimum Gasteiger partial charge on any atom is -0.378 e. The van der Waals surface area contributed by atoms with Gasteiger partial charge in [0.05, 0.1) is 13.2 Å². The van der Waals surface area contributed by atoms with Crippen LogP contribution in [0.25, 0.3) is 0 Å². The Bertz CT molecular complexity index is 867. The zero-order valence-corrected chi connectivity index (χ0v) is 18.6. The average molecular weight is 425 g/mol. The Morgan fingerprint density at radius 3 is 2.35 bits per heavy atom. The van der Waals surface area contributed by atoms with Crippen molar-refractivity contribution in [1.29, 1.82) is 0 Å². The highest BCUT2D eigenvalue weighted by Gasteiger charge is 2.15. The number of carbonyl (C=O) groups excluding carboxylic acids is 2. The van der Waals surface area contributed by atoms with E-state index in [1.807, 2.05) is 36.4 Å². The summed E-state index contributed by atoms with van der Waals surface area (Å²) in [4.78, 5) is 31.0. The lowest BCUT2D eigenvalue weighted by Crippen LogP contribution is -2.36. The van der Waals surface area contributed by atoms with E-state index in [0.29, 0.717) is 18.7 Å². The van der Waals surface area contributed by atoms with Crippen molar-refractivity contribution in [3.05, 3.63) is 59.3 Å². The SMILES string of the molecule is CC(C)(C)c1ccc(C(=O)NCCC(=O)NCc2ccc(N3CCOCC3)nc2)cc1.